The van der Waals surface area contributed by atoms with E-state index in [1.807, 2.05) is 17.3 Å². The molecule has 1 aromatic carbocycles. The Kier molecular flexibility index (Phi) is 9.75. The first-order chi connectivity index (χ1) is 25.1. The third kappa shape index (κ3) is 6.51. The van der Waals surface area contributed by atoms with Crippen molar-refractivity contribution >= 4 is 24.0 Å². The average Bonchev–Trinajstić information content (AvgIpc) is 4.01. The minimum absolute atomic E-state index is 0.0646. The molecule has 278 valence electrons. The average molecular weight is 715 g/mol. The molecule has 8 rings (SSSR count). The first-order valence-corrected chi connectivity index (χ1v) is 18.6. The molecule has 4 atom stereocenters. The zero-order valence-corrected chi connectivity index (χ0v) is 30.5. The quantitative estimate of drug-likeness (QED) is 0.235. The number of methoxy groups -OCH3 is 2. The Morgan fingerprint density at radius 2 is 1.21 bits per heavy atom. The molecule has 5 aliphatic rings. The van der Waals surface area contributed by atoms with Crippen LogP contribution in [0.25, 0.3) is 11.3 Å². The molecule has 2 aliphatic heterocycles. The van der Waals surface area contributed by atoms with Gasteiger partial charge >= 0.3 is 12.2 Å². The van der Waals surface area contributed by atoms with Crippen molar-refractivity contribution in [1.29, 1.82) is 0 Å². The number of fused-ring (bicyclic) bond motifs is 3. The maximum atomic E-state index is 13.2. The largest absolute Gasteiger partial charge is 0.453 e. The molecule has 14 heteroatoms. The number of H-pyrrole nitrogens is 2. The predicted octanol–water partition coefficient (Wildman–Crippen LogP) is 5.16. The van der Waals surface area contributed by atoms with Crippen molar-refractivity contribution in [1.82, 2.24) is 40.4 Å². The van der Waals surface area contributed by atoms with E-state index in [0.29, 0.717) is 13.1 Å². The highest BCUT2D eigenvalue weighted by atomic mass is 16.5. The van der Waals surface area contributed by atoms with Gasteiger partial charge in [-0.15, -0.1) is 0 Å². The van der Waals surface area contributed by atoms with Crippen molar-refractivity contribution in [2.45, 2.75) is 113 Å². The highest BCUT2D eigenvalue weighted by Crippen LogP contribution is 2.58. The number of ether oxygens (including phenoxy) is 2. The molecule has 52 heavy (non-hydrogen) atoms. The van der Waals surface area contributed by atoms with Crippen LogP contribution in [0.15, 0.2) is 36.7 Å². The van der Waals surface area contributed by atoms with Crippen LogP contribution in [0.1, 0.15) is 113 Å². The van der Waals surface area contributed by atoms with E-state index in [2.05, 4.69) is 59.3 Å². The van der Waals surface area contributed by atoms with Crippen LogP contribution in [0.4, 0.5) is 9.59 Å². The summed E-state index contributed by atoms with van der Waals surface area (Å²) in [6.45, 7) is 4.60. The summed E-state index contributed by atoms with van der Waals surface area (Å²) in [5, 5.41) is 5.17. The Labute approximate surface area is 303 Å². The normalized spacial score (nSPS) is 26.5. The minimum atomic E-state index is -0.691. The van der Waals surface area contributed by atoms with Gasteiger partial charge in [-0.25, -0.2) is 19.6 Å². The second kappa shape index (κ2) is 14.3. The van der Waals surface area contributed by atoms with Gasteiger partial charge in [-0.05, 0) is 94.6 Å². The molecule has 4 N–H and O–H groups in total. The first-order valence-electron chi connectivity index (χ1n) is 18.6. The number of hydrogen-bond acceptors (Lipinski definition) is 8. The van der Waals surface area contributed by atoms with Gasteiger partial charge in [0.15, 0.2) is 0 Å². The fourth-order valence-electron chi connectivity index (χ4n) is 9.18. The Morgan fingerprint density at radius 3 is 1.73 bits per heavy atom. The zero-order valence-electron chi connectivity index (χ0n) is 30.5. The molecular formula is C38H50N8O6. The summed E-state index contributed by atoms with van der Waals surface area (Å²) in [6.07, 6.45) is 12.6. The molecule has 4 heterocycles. The van der Waals surface area contributed by atoms with E-state index in [9.17, 15) is 19.2 Å². The number of nitrogens with zero attached hydrogens (tertiary/aromatic N) is 4. The summed E-state index contributed by atoms with van der Waals surface area (Å²) in [5.41, 5.74) is 4.74. The van der Waals surface area contributed by atoms with E-state index in [1.165, 1.54) is 25.5 Å². The summed E-state index contributed by atoms with van der Waals surface area (Å²) in [4.78, 5) is 70.0. The van der Waals surface area contributed by atoms with Gasteiger partial charge in [-0.1, -0.05) is 24.3 Å². The van der Waals surface area contributed by atoms with Crippen molar-refractivity contribution in [3.63, 3.8) is 0 Å². The molecule has 3 aromatic rings. The minimum Gasteiger partial charge on any atom is -0.453 e. The van der Waals surface area contributed by atoms with E-state index in [4.69, 9.17) is 4.98 Å². The van der Waals surface area contributed by atoms with E-state index in [-0.39, 0.29) is 34.7 Å². The molecule has 3 aliphatic carbocycles. The smallest absolute Gasteiger partial charge is 0.407 e. The molecular weight excluding hydrogens is 664 g/mol. The first kappa shape index (κ1) is 35.5. The van der Waals surface area contributed by atoms with Crippen molar-refractivity contribution in [2.24, 2.45) is 0 Å². The number of aromatic amines is 2. The van der Waals surface area contributed by atoms with Crippen LogP contribution in [-0.2, 0) is 29.9 Å². The fraction of sp³-hybridized carbons (Fsp3) is 0.579. The van der Waals surface area contributed by atoms with Crippen LogP contribution in [0.5, 0.6) is 0 Å². The number of imidazole rings is 2. The van der Waals surface area contributed by atoms with E-state index in [0.717, 1.165) is 87.1 Å². The molecule has 5 fully saturated rings. The van der Waals surface area contributed by atoms with Crippen LogP contribution >= 0.6 is 0 Å². The lowest BCUT2D eigenvalue weighted by atomic mass is 9.51. The fourth-order valence-corrected chi connectivity index (χ4v) is 9.18. The van der Waals surface area contributed by atoms with Crippen LogP contribution < -0.4 is 10.6 Å². The Bertz CT molecular complexity index is 1780. The van der Waals surface area contributed by atoms with E-state index in [1.54, 1.807) is 18.7 Å². The number of nitrogens with one attached hydrogen (secondary N) is 4. The van der Waals surface area contributed by atoms with Gasteiger partial charge in [0, 0.05) is 30.4 Å². The lowest BCUT2D eigenvalue weighted by Gasteiger charge is -2.53. The van der Waals surface area contributed by atoms with Crippen molar-refractivity contribution < 1.29 is 28.7 Å². The molecule has 0 radical (unpaired) electrons. The van der Waals surface area contributed by atoms with Crippen molar-refractivity contribution in [3.05, 3.63) is 59.6 Å². The summed E-state index contributed by atoms with van der Waals surface area (Å²) < 4.78 is 9.34. The van der Waals surface area contributed by atoms with Crippen LogP contribution in [-0.4, -0.2) is 93.1 Å². The number of hydrogen-bond donors (Lipinski definition) is 4. The van der Waals surface area contributed by atoms with Gasteiger partial charge in [0.1, 0.15) is 23.7 Å². The van der Waals surface area contributed by atoms with Crippen LogP contribution in [0.3, 0.4) is 0 Å². The lowest BCUT2D eigenvalue weighted by molar-refractivity contribution is -0.134. The summed E-state index contributed by atoms with van der Waals surface area (Å²) in [6, 6.07) is 7.23. The number of amides is 4. The number of benzene rings is 1. The number of rotatable bonds is 9. The second-order valence-corrected chi connectivity index (χ2v) is 15.1. The highest BCUT2D eigenvalue weighted by Gasteiger charge is 2.51. The number of carbonyl (C=O) groups is 4. The summed E-state index contributed by atoms with van der Waals surface area (Å²) >= 11 is 0. The molecule has 2 saturated heterocycles. The summed E-state index contributed by atoms with van der Waals surface area (Å²) in [5.74, 6) is 1.30. The zero-order chi connectivity index (χ0) is 36.6. The molecule has 4 amide bonds. The lowest BCUT2D eigenvalue weighted by Crippen LogP contribution is -2.47. The van der Waals surface area contributed by atoms with E-state index < -0.39 is 24.3 Å². The highest BCUT2D eigenvalue weighted by molar-refractivity contribution is 5.86. The summed E-state index contributed by atoms with van der Waals surface area (Å²) in [7, 11) is 2.57. The third-order valence-electron chi connectivity index (χ3n) is 12.3. The van der Waals surface area contributed by atoms with Crippen molar-refractivity contribution in [2.75, 3.05) is 27.3 Å². The van der Waals surface area contributed by atoms with Gasteiger partial charge in [-0.3, -0.25) is 9.59 Å². The topological polar surface area (TPSA) is 175 Å². The number of alkyl carbamates (subject to hydrolysis) is 2. The molecule has 3 saturated carbocycles. The van der Waals surface area contributed by atoms with Gasteiger partial charge < -0.3 is 39.9 Å². The standard InChI is InChI=1S/C38H50N8O6/c1-23(41-35(49)51-3)33(47)45-19-5-7-28(45)31-39-21-27(43-31)25-9-11-26(12-10-25)37-13-16-38(17-14-37,18-15-37)30-22-40-32(44-30)29-8-6-20-46(29)34(48)24(2)42-36(50)52-4/h9-12,21-24,28-29H,5-8,13-20H2,1-4H3,(H,39,43)(H,40,44)(H,41,49)(H,42,50)/t23-,24?,28+,29+,37?,38?/m1/s1. The maximum absolute atomic E-state index is 13.2. The van der Waals surface area contributed by atoms with Gasteiger partial charge in [0.25, 0.3) is 0 Å². The SMILES string of the molecule is COC(=O)NC(C)C(=O)N1CCC[C@H]1c1ncc(C23CCC(c4ccc(-c5cnc([C@@H]6CCCN6C(=O)[C@@H](C)NC(=O)OC)[nH]5)cc4)(CC2)CC3)[nH]1. The molecule has 1 unspecified atom stereocenters. The van der Waals surface area contributed by atoms with Crippen LogP contribution in [0, 0.1) is 0 Å². The van der Waals surface area contributed by atoms with Gasteiger partial charge in [0.2, 0.25) is 11.8 Å². The monoisotopic (exact) mass is 714 g/mol. The Morgan fingerprint density at radius 1 is 0.731 bits per heavy atom. The molecule has 2 aromatic heterocycles. The number of aromatic nitrogens is 4. The number of carbonyl (C=O) groups excluding carboxylic acids is 4. The third-order valence-corrected chi connectivity index (χ3v) is 12.3. The van der Waals surface area contributed by atoms with Crippen LogP contribution in [0.2, 0.25) is 0 Å². The predicted molar refractivity (Wildman–Crippen MR) is 191 cm³/mol. The Balaban J connectivity index is 0.984. The number of likely N-dealkylation sites (tertiary alicyclic amines) is 2. The van der Waals surface area contributed by atoms with Gasteiger partial charge in [-0.2, -0.15) is 0 Å². The van der Waals surface area contributed by atoms with Crippen molar-refractivity contribution in [3.8, 4) is 11.3 Å². The van der Waals surface area contributed by atoms with Gasteiger partial charge in [0.05, 0.1) is 38.2 Å². The molecule has 2 bridgehead atoms. The second-order valence-electron chi connectivity index (χ2n) is 15.1. The maximum Gasteiger partial charge on any atom is 0.407 e. The molecule has 0 spiro atoms. The Hall–Kier alpha value is -4.88. The molecule has 14 nitrogen and oxygen atoms in total. The van der Waals surface area contributed by atoms with E-state index >= 15 is 0 Å².